The second-order valence-corrected chi connectivity index (χ2v) is 7.73. The molecule has 0 aliphatic rings. The van der Waals surface area contributed by atoms with Gasteiger partial charge >= 0.3 is 18.2 Å². The summed E-state index contributed by atoms with van der Waals surface area (Å²) in [6, 6.07) is 11.1. The minimum atomic E-state index is -0.892. The molecule has 0 bridgehead atoms. The van der Waals surface area contributed by atoms with Gasteiger partial charge in [0.2, 0.25) is 0 Å². The number of benzene rings is 2. The third-order valence-corrected chi connectivity index (χ3v) is 5.20. The summed E-state index contributed by atoms with van der Waals surface area (Å²) >= 11 is 9.92. The zero-order chi connectivity index (χ0) is 23.7. The molecule has 0 aliphatic heterocycles. The van der Waals surface area contributed by atoms with E-state index in [1.165, 1.54) is 12.0 Å². The lowest BCUT2D eigenvalue weighted by atomic mass is 9.95. The van der Waals surface area contributed by atoms with Crippen LogP contribution >= 0.6 is 27.5 Å². The van der Waals surface area contributed by atoms with Crippen molar-refractivity contribution in [3.8, 4) is 0 Å². The number of amides is 2. The van der Waals surface area contributed by atoms with E-state index in [1.54, 1.807) is 56.3 Å². The number of hydrogen-bond acceptors (Lipinski definition) is 6. The van der Waals surface area contributed by atoms with Crippen molar-refractivity contribution in [3.63, 3.8) is 0 Å². The molecule has 1 N–H and O–H groups in total. The molecule has 2 rings (SSSR count). The molecule has 8 nitrogen and oxygen atoms in total. The molecule has 0 radical (unpaired) electrons. The Morgan fingerprint density at radius 3 is 2.38 bits per heavy atom. The Morgan fingerprint density at radius 1 is 1.06 bits per heavy atom. The Hall–Kier alpha value is -2.78. The number of methoxy groups -OCH3 is 1. The van der Waals surface area contributed by atoms with Crippen molar-refractivity contribution in [2.75, 3.05) is 32.2 Å². The highest BCUT2D eigenvalue weighted by atomic mass is 79.9. The summed E-state index contributed by atoms with van der Waals surface area (Å²) < 4.78 is 15.7. The molecule has 0 unspecified atom stereocenters. The predicted molar refractivity (Wildman–Crippen MR) is 124 cm³/mol. The highest BCUT2D eigenvalue weighted by molar-refractivity contribution is 9.10. The molecule has 0 aliphatic carbocycles. The topological polar surface area (TPSA) is 94.2 Å². The molecule has 2 amide bonds. The van der Waals surface area contributed by atoms with Crippen molar-refractivity contribution in [1.29, 1.82) is 0 Å². The quantitative estimate of drug-likeness (QED) is 0.365. The molecule has 172 valence electrons. The number of ether oxygens (including phenoxy) is 3. The fourth-order valence-corrected chi connectivity index (χ4v) is 3.64. The van der Waals surface area contributed by atoms with Crippen LogP contribution in [0.15, 0.2) is 46.9 Å². The molecule has 0 aromatic heterocycles. The maximum absolute atomic E-state index is 12.9. The molecular formula is C22H24BrClN2O6. The number of esters is 1. The number of nitrogens with zero attached hydrogens (tertiary/aromatic N) is 1. The zero-order valence-electron chi connectivity index (χ0n) is 17.9. The molecule has 32 heavy (non-hydrogen) atoms. The van der Waals surface area contributed by atoms with E-state index in [0.29, 0.717) is 26.3 Å². The minimum Gasteiger partial charge on any atom is -0.468 e. The average Bonchev–Trinajstić information content (AvgIpc) is 2.76. The van der Waals surface area contributed by atoms with Crippen molar-refractivity contribution in [1.82, 2.24) is 4.90 Å². The number of carbonyl (C=O) groups is 3. The van der Waals surface area contributed by atoms with Crippen LogP contribution in [-0.4, -0.2) is 49.9 Å². The number of carbonyl (C=O) groups excluding carboxylic acids is 3. The summed E-state index contributed by atoms with van der Waals surface area (Å²) in [7, 11) is 1.23. The fourth-order valence-electron chi connectivity index (χ4n) is 3.02. The SMILES string of the molecule is CCOC(=O)Nc1ccc(Br)cc1[C@@H](c1ccccc1Cl)N(CC(=O)OC)C(=O)OCC. The highest BCUT2D eigenvalue weighted by Crippen LogP contribution is 2.38. The lowest BCUT2D eigenvalue weighted by Gasteiger charge is -2.32. The molecule has 2 aromatic carbocycles. The van der Waals surface area contributed by atoms with Crippen molar-refractivity contribution < 1.29 is 28.6 Å². The number of anilines is 1. The van der Waals surface area contributed by atoms with Gasteiger partial charge < -0.3 is 14.2 Å². The van der Waals surface area contributed by atoms with Crippen LogP contribution in [0.3, 0.4) is 0 Å². The summed E-state index contributed by atoms with van der Waals surface area (Å²) in [5.74, 6) is -0.648. The van der Waals surface area contributed by atoms with Crippen LogP contribution in [0.5, 0.6) is 0 Å². The van der Waals surface area contributed by atoms with Crippen LogP contribution in [0.2, 0.25) is 5.02 Å². The molecule has 0 fully saturated rings. The molecule has 1 atom stereocenters. The monoisotopic (exact) mass is 526 g/mol. The van der Waals surface area contributed by atoms with Gasteiger partial charge in [0.1, 0.15) is 6.54 Å². The van der Waals surface area contributed by atoms with Gasteiger partial charge in [0, 0.05) is 20.7 Å². The summed E-state index contributed by atoms with van der Waals surface area (Å²) in [6.07, 6.45) is -1.41. The number of hydrogen-bond donors (Lipinski definition) is 1. The van der Waals surface area contributed by atoms with Crippen LogP contribution in [0.4, 0.5) is 15.3 Å². The Bertz CT molecular complexity index is 971. The van der Waals surface area contributed by atoms with Gasteiger partial charge in [-0.15, -0.1) is 0 Å². The first-order valence-corrected chi connectivity index (χ1v) is 11.0. The number of halogens is 2. The molecule has 0 spiro atoms. The number of nitrogens with one attached hydrogen (secondary N) is 1. The lowest BCUT2D eigenvalue weighted by molar-refractivity contribution is -0.142. The van der Waals surface area contributed by atoms with Gasteiger partial charge in [-0.3, -0.25) is 15.0 Å². The third kappa shape index (κ3) is 6.61. The second kappa shape index (κ2) is 12.3. The van der Waals surface area contributed by atoms with E-state index in [4.69, 9.17) is 25.8 Å². The standard InChI is InChI=1S/C22H24BrClN2O6/c1-4-31-21(28)25-18-11-10-14(23)12-16(18)20(15-8-6-7-9-17(15)24)26(13-19(27)30-3)22(29)32-5-2/h6-12,20H,4-5,13H2,1-3H3,(H,25,28)/t20-/m1/s1. The van der Waals surface area contributed by atoms with Gasteiger partial charge in [0.25, 0.3) is 0 Å². The Kier molecular flexibility index (Phi) is 9.80. The van der Waals surface area contributed by atoms with Crippen LogP contribution in [0.25, 0.3) is 0 Å². The summed E-state index contributed by atoms with van der Waals surface area (Å²) in [5.41, 5.74) is 1.38. The van der Waals surface area contributed by atoms with Crippen LogP contribution < -0.4 is 5.32 Å². The zero-order valence-corrected chi connectivity index (χ0v) is 20.2. The van der Waals surface area contributed by atoms with E-state index in [1.807, 2.05) is 0 Å². The second-order valence-electron chi connectivity index (χ2n) is 6.40. The van der Waals surface area contributed by atoms with E-state index in [2.05, 4.69) is 21.2 Å². The van der Waals surface area contributed by atoms with Crippen molar-refractivity contribution in [2.24, 2.45) is 0 Å². The van der Waals surface area contributed by atoms with Crippen LogP contribution in [0.1, 0.15) is 31.0 Å². The summed E-state index contributed by atoms with van der Waals surface area (Å²) in [4.78, 5) is 38.5. The Morgan fingerprint density at radius 2 is 1.75 bits per heavy atom. The van der Waals surface area contributed by atoms with Gasteiger partial charge in [0.15, 0.2) is 0 Å². The fraction of sp³-hybridized carbons (Fsp3) is 0.318. The van der Waals surface area contributed by atoms with Gasteiger partial charge in [-0.05, 0) is 43.7 Å². The van der Waals surface area contributed by atoms with Crippen molar-refractivity contribution in [3.05, 3.63) is 63.1 Å². The van der Waals surface area contributed by atoms with E-state index < -0.39 is 30.7 Å². The van der Waals surface area contributed by atoms with E-state index >= 15 is 0 Å². The van der Waals surface area contributed by atoms with Crippen LogP contribution in [0, 0.1) is 0 Å². The summed E-state index contributed by atoms with van der Waals surface area (Å²) in [6.45, 7) is 3.22. The highest BCUT2D eigenvalue weighted by Gasteiger charge is 2.33. The largest absolute Gasteiger partial charge is 0.468 e. The Balaban J connectivity index is 2.72. The third-order valence-electron chi connectivity index (χ3n) is 4.36. The molecule has 0 heterocycles. The maximum Gasteiger partial charge on any atom is 0.411 e. The first-order chi connectivity index (χ1) is 15.3. The van der Waals surface area contributed by atoms with Gasteiger partial charge in [-0.1, -0.05) is 45.7 Å². The molecule has 0 saturated heterocycles. The average molecular weight is 528 g/mol. The first kappa shape index (κ1) is 25.5. The van der Waals surface area contributed by atoms with Gasteiger partial charge in [0.05, 0.1) is 26.4 Å². The van der Waals surface area contributed by atoms with Crippen LogP contribution in [-0.2, 0) is 19.0 Å². The smallest absolute Gasteiger partial charge is 0.411 e. The molecule has 0 saturated carbocycles. The van der Waals surface area contributed by atoms with Crippen molar-refractivity contribution in [2.45, 2.75) is 19.9 Å². The van der Waals surface area contributed by atoms with Gasteiger partial charge in [-0.25, -0.2) is 9.59 Å². The minimum absolute atomic E-state index is 0.0954. The van der Waals surface area contributed by atoms with Crippen molar-refractivity contribution >= 4 is 51.4 Å². The van der Waals surface area contributed by atoms with E-state index in [9.17, 15) is 14.4 Å². The molecule has 10 heteroatoms. The van der Waals surface area contributed by atoms with E-state index in [0.717, 1.165) is 0 Å². The molecular weight excluding hydrogens is 504 g/mol. The number of rotatable bonds is 8. The lowest BCUT2D eigenvalue weighted by Crippen LogP contribution is -2.40. The first-order valence-electron chi connectivity index (χ1n) is 9.80. The maximum atomic E-state index is 12.9. The van der Waals surface area contributed by atoms with Gasteiger partial charge in [-0.2, -0.15) is 0 Å². The normalized spacial score (nSPS) is 11.3. The summed E-state index contributed by atoms with van der Waals surface area (Å²) in [5, 5.41) is 3.04. The molecule has 2 aromatic rings. The predicted octanol–water partition coefficient (Wildman–Crippen LogP) is 5.39. The Labute approximate surface area is 199 Å². The van der Waals surface area contributed by atoms with E-state index in [-0.39, 0.29) is 13.2 Å².